The van der Waals surface area contributed by atoms with E-state index in [2.05, 4.69) is 11.4 Å². The van der Waals surface area contributed by atoms with E-state index in [0.29, 0.717) is 0 Å². The standard InChI is InChI=1S/C21H21NO2/c1-14-5-4-6-19(11-14)22-21(23)15(2)16-7-8-18-13-20(24-3)10-9-17(18)12-16/h4-13,15H,1-3H3,(H,22,23). The van der Waals surface area contributed by atoms with Gasteiger partial charge in [-0.2, -0.15) is 0 Å². The fourth-order valence-corrected chi connectivity index (χ4v) is 2.76. The van der Waals surface area contributed by atoms with Crippen LogP contribution in [-0.4, -0.2) is 13.0 Å². The SMILES string of the molecule is COc1ccc2cc(C(C)C(=O)Nc3cccc(C)c3)ccc2c1. The molecule has 3 nitrogen and oxygen atoms in total. The van der Waals surface area contributed by atoms with Gasteiger partial charge in [0.05, 0.1) is 13.0 Å². The minimum absolute atomic E-state index is 0.00605. The van der Waals surface area contributed by atoms with Crippen molar-refractivity contribution in [1.82, 2.24) is 0 Å². The Balaban J connectivity index is 1.82. The number of carbonyl (C=O) groups is 1. The van der Waals surface area contributed by atoms with E-state index in [1.165, 1.54) is 0 Å². The van der Waals surface area contributed by atoms with E-state index in [9.17, 15) is 4.79 Å². The van der Waals surface area contributed by atoms with Crippen LogP contribution in [0.2, 0.25) is 0 Å². The predicted octanol–water partition coefficient (Wildman–Crippen LogP) is 4.90. The molecule has 0 heterocycles. The Kier molecular flexibility index (Phi) is 4.52. The van der Waals surface area contributed by atoms with Gasteiger partial charge in [-0.05, 0) is 60.0 Å². The number of hydrogen-bond donors (Lipinski definition) is 1. The number of ether oxygens (including phenoxy) is 1. The highest BCUT2D eigenvalue weighted by atomic mass is 16.5. The zero-order valence-corrected chi connectivity index (χ0v) is 14.2. The quantitative estimate of drug-likeness (QED) is 0.743. The Morgan fingerprint density at radius 2 is 1.75 bits per heavy atom. The molecule has 0 aromatic heterocycles. The molecule has 0 saturated carbocycles. The van der Waals surface area contributed by atoms with Crippen molar-refractivity contribution in [2.45, 2.75) is 19.8 Å². The van der Waals surface area contributed by atoms with Crippen LogP contribution in [0.25, 0.3) is 10.8 Å². The van der Waals surface area contributed by atoms with Crippen molar-refractivity contribution < 1.29 is 9.53 Å². The van der Waals surface area contributed by atoms with Gasteiger partial charge in [0, 0.05) is 5.69 Å². The maximum absolute atomic E-state index is 12.5. The molecular weight excluding hydrogens is 298 g/mol. The van der Waals surface area contributed by atoms with Crippen LogP contribution < -0.4 is 10.1 Å². The average Bonchev–Trinajstić information content (AvgIpc) is 2.60. The Morgan fingerprint density at radius 1 is 1.00 bits per heavy atom. The molecule has 1 N–H and O–H groups in total. The molecule has 1 unspecified atom stereocenters. The summed E-state index contributed by atoms with van der Waals surface area (Å²) < 4.78 is 5.25. The maximum atomic E-state index is 12.5. The van der Waals surface area contributed by atoms with Gasteiger partial charge in [-0.3, -0.25) is 4.79 Å². The lowest BCUT2D eigenvalue weighted by Crippen LogP contribution is -2.18. The van der Waals surface area contributed by atoms with E-state index in [1.54, 1.807) is 7.11 Å². The molecule has 0 saturated heterocycles. The van der Waals surface area contributed by atoms with Gasteiger partial charge in [0.2, 0.25) is 5.91 Å². The fraction of sp³-hybridized carbons (Fsp3) is 0.190. The van der Waals surface area contributed by atoms with Crippen LogP contribution in [-0.2, 0) is 4.79 Å². The molecule has 3 rings (SSSR count). The summed E-state index contributed by atoms with van der Waals surface area (Å²) >= 11 is 0. The topological polar surface area (TPSA) is 38.3 Å². The van der Waals surface area contributed by atoms with Gasteiger partial charge >= 0.3 is 0 Å². The lowest BCUT2D eigenvalue weighted by atomic mass is 9.97. The molecule has 122 valence electrons. The molecule has 3 aromatic rings. The van der Waals surface area contributed by atoms with E-state index in [0.717, 1.165) is 33.3 Å². The molecule has 1 amide bonds. The lowest BCUT2D eigenvalue weighted by molar-refractivity contribution is -0.117. The molecule has 0 spiro atoms. The summed E-state index contributed by atoms with van der Waals surface area (Å²) in [7, 11) is 1.66. The molecule has 0 radical (unpaired) electrons. The van der Waals surface area contributed by atoms with E-state index >= 15 is 0 Å². The van der Waals surface area contributed by atoms with Gasteiger partial charge in [-0.15, -0.1) is 0 Å². The second-order valence-electron chi connectivity index (χ2n) is 6.05. The minimum Gasteiger partial charge on any atom is -0.497 e. The van der Waals surface area contributed by atoms with Gasteiger partial charge in [0.1, 0.15) is 5.75 Å². The summed E-state index contributed by atoms with van der Waals surface area (Å²) in [4.78, 5) is 12.5. The van der Waals surface area contributed by atoms with E-state index in [-0.39, 0.29) is 11.8 Å². The summed E-state index contributed by atoms with van der Waals surface area (Å²) in [6, 6.07) is 19.9. The van der Waals surface area contributed by atoms with Crippen molar-refractivity contribution in [1.29, 1.82) is 0 Å². The fourth-order valence-electron chi connectivity index (χ4n) is 2.76. The highest BCUT2D eigenvalue weighted by Crippen LogP contribution is 2.26. The van der Waals surface area contributed by atoms with Crippen molar-refractivity contribution in [3.05, 3.63) is 71.8 Å². The van der Waals surface area contributed by atoms with E-state index < -0.39 is 0 Å². The average molecular weight is 319 g/mol. The summed E-state index contributed by atoms with van der Waals surface area (Å²) in [6.45, 7) is 3.94. The van der Waals surface area contributed by atoms with Gasteiger partial charge in [0.15, 0.2) is 0 Å². The minimum atomic E-state index is -0.225. The number of carbonyl (C=O) groups excluding carboxylic acids is 1. The normalized spacial score (nSPS) is 12.0. The van der Waals surface area contributed by atoms with Crippen molar-refractivity contribution in [2.24, 2.45) is 0 Å². The van der Waals surface area contributed by atoms with Gasteiger partial charge in [-0.1, -0.05) is 36.4 Å². The van der Waals surface area contributed by atoms with Gasteiger partial charge in [-0.25, -0.2) is 0 Å². The Morgan fingerprint density at radius 3 is 2.50 bits per heavy atom. The van der Waals surface area contributed by atoms with Crippen molar-refractivity contribution >= 4 is 22.4 Å². The molecular formula is C21H21NO2. The summed E-state index contributed by atoms with van der Waals surface area (Å²) in [5.41, 5.74) is 2.95. The molecule has 0 aliphatic rings. The van der Waals surface area contributed by atoms with Crippen LogP contribution in [0.3, 0.4) is 0 Å². The van der Waals surface area contributed by atoms with Crippen LogP contribution in [0.5, 0.6) is 5.75 Å². The first kappa shape index (κ1) is 16.1. The van der Waals surface area contributed by atoms with Crippen LogP contribution in [0.15, 0.2) is 60.7 Å². The summed E-state index contributed by atoms with van der Waals surface area (Å²) in [5.74, 6) is 0.603. The smallest absolute Gasteiger partial charge is 0.231 e. The molecule has 3 aromatic carbocycles. The third-order valence-electron chi connectivity index (χ3n) is 4.25. The first-order valence-corrected chi connectivity index (χ1v) is 8.02. The van der Waals surface area contributed by atoms with E-state index in [4.69, 9.17) is 4.74 Å². The molecule has 0 aliphatic carbocycles. The molecule has 3 heteroatoms. The van der Waals surface area contributed by atoms with Crippen molar-refractivity contribution in [3.63, 3.8) is 0 Å². The third-order valence-corrected chi connectivity index (χ3v) is 4.25. The number of anilines is 1. The van der Waals surface area contributed by atoms with Gasteiger partial charge < -0.3 is 10.1 Å². The van der Waals surface area contributed by atoms with Crippen molar-refractivity contribution in [2.75, 3.05) is 12.4 Å². The number of hydrogen-bond acceptors (Lipinski definition) is 2. The highest BCUT2D eigenvalue weighted by molar-refractivity contribution is 5.96. The number of amides is 1. The zero-order chi connectivity index (χ0) is 17.1. The lowest BCUT2D eigenvalue weighted by Gasteiger charge is -2.14. The summed E-state index contributed by atoms with van der Waals surface area (Å²) in [5, 5.41) is 5.19. The van der Waals surface area contributed by atoms with Gasteiger partial charge in [0.25, 0.3) is 0 Å². The van der Waals surface area contributed by atoms with Crippen LogP contribution in [0.4, 0.5) is 5.69 Å². The molecule has 24 heavy (non-hydrogen) atoms. The number of aryl methyl sites for hydroxylation is 1. The third kappa shape index (κ3) is 3.40. The van der Waals surface area contributed by atoms with E-state index in [1.807, 2.05) is 68.4 Å². The molecule has 0 fully saturated rings. The molecule has 1 atom stereocenters. The zero-order valence-electron chi connectivity index (χ0n) is 14.2. The van der Waals surface area contributed by atoms with Crippen LogP contribution in [0, 0.1) is 6.92 Å². The van der Waals surface area contributed by atoms with Crippen molar-refractivity contribution in [3.8, 4) is 5.75 Å². The number of benzene rings is 3. The number of methoxy groups -OCH3 is 1. The second kappa shape index (κ2) is 6.75. The highest BCUT2D eigenvalue weighted by Gasteiger charge is 2.16. The Bertz CT molecular complexity index is 886. The number of fused-ring (bicyclic) bond motifs is 1. The van der Waals surface area contributed by atoms with Crippen LogP contribution >= 0.6 is 0 Å². The largest absolute Gasteiger partial charge is 0.497 e. The first-order valence-electron chi connectivity index (χ1n) is 8.02. The summed E-state index contributed by atoms with van der Waals surface area (Å²) in [6.07, 6.45) is 0. The number of rotatable bonds is 4. The monoisotopic (exact) mass is 319 g/mol. The number of nitrogens with one attached hydrogen (secondary N) is 1. The molecule has 0 aliphatic heterocycles. The Hall–Kier alpha value is -2.81. The Labute approximate surface area is 142 Å². The van der Waals surface area contributed by atoms with Crippen LogP contribution in [0.1, 0.15) is 24.0 Å². The first-order chi connectivity index (χ1) is 11.6. The molecule has 0 bridgehead atoms. The predicted molar refractivity (Wildman–Crippen MR) is 98.7 cm³/mol. The maximum Gasteiger partial charge on any atom is 0.231 e. The second-order valence-corrected chi connectivity index (χ2v) is 6.05.